The summed E-state index contributed by atoms with van der Waals surface area (Å²) in [7, 11) is 1.67. The number of carbonyl (C=O) groups excluding carboxylic acids is 1. The van der Waals surface area contributed by atoms with Crippen molar-refractivity contribution in [3.05, 3.63) is 95.6 Å². The van der Waals surface area contributed by atoms with Crippen molar-refractivity contribution in [3.8, 4) is 17.6 Å². The van der Waals surface area contributed by atoms with Crippen molar-refractivity contribution in [1.29, 1.82) is 0 Å². The van der Waals surface area contributed by atoms with Gasteiger partial charge in [0.1, 0.15) is 5.75 Å². The van der Waals surface area contributed by atoms with Gasteiger partial charge in [0.25, 0.3) is 0 Å². The van der Waals surface area contributed by atoms with E-state index in [0.717, 1.165) is 35.3 Å². The molecule has 3 fully saturated rings. The summed E-state index contributed by atoms with van der Waals surface area (Å²) in [6.45, 7) is 1.23. The number of anilines is 1. The lowest BCUT2D eigenvalue weighted by Crippen LogP contribution is -2.71. The highest BCUT2D eigenvalue weighted by Gasteiger charge is 2.51. The number of amides is 2. The van der Waals surface area contributed by atoms with Crippen molar-refractivity contribution in [1.82, 2.24) is 9.80 Å². The fraction of sp³-hybridized carbons (Fsp3) is 0.382. The third kappa shape index (κ3) is 6.45. The van der Waals surface area contributed by atoms with Gasteiger partial charge < -0.3 is 29.9 Å². The van der Waals surface area contributed by atoms with Crippen LogP contribution in [0, 0.1) is 11.8 Å². The molecule has 0 spiro atoms. The molecule has 5 atom stereocenters. The summed E-state index contributed by atoms with van der Waals surface area (Å²) in [6.07, 6.45) is 0.420. The van der Waals surface area contributed by atoms with Gasteiger partial charge in [-0.2, -0.15) is 0 Å². The number of benzene rings is 3. The van der Waals surface area contributed by atoms with Crippen LogP contribution in [0.3, 0.4) is 0 Å². The van der Waals surface area contributed by atoms with Gasteiger partial charge in [0.15, 0.2) is 0 Å². The van der Waals surface area contributed by atoms with Gasteiger partial charge in [-0.1, -0.05) is 42.2 Å². The van der Waals surface area contributed by atoms with Gasteiger partial charge >= 0.3 is 6.03 Å². The van der Waals surface area contributed by atoms with Crippen LogP contribution in [0.15, 0.2) is 78.9 Å². The average Bonchev–Trinajstić information content (AvgIpc) is 3.83. The lowest BCUT2D eigenvalue weighted by Gasteiger charge is -2.58. The Balaban J connectivity index is 1.19. The molecule has 0 radical (unpaired) electrons. The summed E-state index contributed by atoms with van der Waals surface area (Å²) in [5.41, 5.74) is 3.66. The minimum absolute atomic E-state index is 0.00475. The quantitative estimate of drug-likeness (QED) is 0.394. The summed E-state index contributed by atoms with van der Waals surface area (Å²) in [4.78, 5) is 17.2. The molecule has 42 heavy (non-hydrogen) atoms. The molecule has 2 saturated heterocycles. The molecule has 1 aliphatic carbocycles. The third-order valence-electron chi connectivity index (χ3n) is 8.32. The maximum absolute atomic E-state index is 13.5. The molecule has 218 valence electrons. The molecule has 8 heteroatoms. The number of hydrogen-bond acceptors (Lipinski definition) is 6. The monoisotopic (exact) mass is 567 g/mol. The molecule has 0 aromatic heterocycles. The van der Waals surface area contributed by atoms with E-state index in [9.17, 15) is 15.0 Å². The molecule has 3 aliphatic rings. The number of β-amino-alcohol motifs (C(OH)–C–C–N with tert-alkyl or cyclic N) is 1. The Labute approximate surface area is 246 Å². The number of carbonyl (C=O) groups is 1. The van der Waals surface area contributed by atoms with Crippen LogP contribution in [0.4, 0.5) is 10.5 Å². The highest BCUT2D eigenvalue weighted by molar-refractivity contribution is 5.89. The summed E-state index contributed by atoms with van der Waals surface area (Å²) < 4.78 is 11.4. The number of hydrogen-bond donors (Lipinski definition) is 3. The maximum Gasteiger partial charge on any atom is 0.321 e. The Morgan fingerprint density at radius 2 is 1.55 bits per heavy atom. The standard InChI is InChI=1S/C34H37N3O5/c1-41-22-30-33(25-11-9-24(10-12-25)8-7-23-5-3-2-4-6-23)29-19-36(20-31(38)32(39)21-37(29)30)34(40)35-26-13-15-27(16-14-26)42-28-17-18-28/h2-6,9-16,28-33,38-39H,17-22H2,1H3,(H,35,40)/t29-,30+,31+,32-,33?/m0/s1. The fourth-order valence-corrected chi connectivity index (χ4v) is 5.92. The van der Waals surface area contributed by atoms with Crippen molar-refractivity contribution < 1.29 is 24.5 Å². The Morgan fingerprint density at radius 3 is 2.21 bits per heavy atom. The zero-order chi connectivity index (χ0) is 29.1. The molecular weight excluding hydrogens is 530 g/mol. The molecule has 1 unspecified atom stereocenters. The van der Waals surface area contributed by atoms with Crippen molar-refractivity contribution in [2.75, 3.05) is 38.7 Å². The zero-order valence-corrected chi connectivity index (χ0v) is 23.7. The fourth-order valence-electron chi connectivity index (χ4n) is 5.92. The minimum atomic E-state index is -1.06. The maximum atomic E-state index is 13.5. The van der Waals surface area contributed by atoms with Crippen LogP contribution in [0.25, 0.3) is 0 Å². The van der Waals surface area contributed by atoms with Crippen molar-refractivity contribution in [3.63, 3.8) is 0 Å². The highest BCUT2D eigenvalue weighted by atomic mass is 16.5. The summed E-state index contributed by atoms with van der Waals surface area (Å²) in [5.74, 6) is 7.30. The Kier molecular flexibility index (Phi) is 8.45. The molecule has 3 N–H and O–H groups in total. The number of fused-ring (bicyclic) bond motifs is 1. The minimum Gasteiger partial charge on any atom is -0.490 e. The van der Waals surface area contributed by atoms with Crippen LogP contribution in [0.1, 0.15) is 35.4 Å². The highest BCUT2D eigenvalue weighted by Crippen LogP contribution is 2.42. The average molecular weight is 568 g/mol. The number of aliphatic hydroxyl groups is 2. The van der Waals surface area contributed by atoms with E-state index >= 15 is 0 Å². The van der Waals surface area contributed by atoms with Gasteiger partial charge in [0.2, 0.25) is 0 Å². The van der Waals surface area contributed by atoms with Crippen molar-refractivity contribution in [2.24, 2.45) is 0 Å². The van der Waals surface area contributed by atoms with E-state index < -0.39 is 12.2 Å². The van der Waals surface area contributed by atoms with Gasteiger partial charge in [-0.15, -0.1) is 0 Å². The second-order valence-corrected chi connectivity index (χ2v) is 11.4. The van der Waals surface area contributed by atoms with Crippen molar-refractivity contribution in [2.45, 2.75) is 49.2 Å². The zero-order valence-electron chi connectivity index (χ0n) is 23.7. The Morgan fingerprint density at radius 1 is 0.881 bits per heavy atom. The molecule has 8 nitrogen and oxygen atoms in total. The van der Waals surface area contributed by atoms with Crippen molar-refractivity contribution >= 4 is 11.7 Å². The van der Waals surface area contributed by atoms with Gasteiger partial charge in [-0.25, -0.2) is 4.79 Å². The number of ether oxygens (including phenoxy) is 2. The van der Waals surface area contributed by atoms with Crippen LogP contribution in [0.5, 0.6) is 5.75 Å². The first-order valence-corrected chi connectivity index (χ1v) is 14.6. The predicted octanol–water partition coefficient (Wildman–Crippen LogP) is 3.68. The summed E-state index contributed by atoms with van der Waals surface area (Å²) in [6, 6.07) is 25.1. The van der Waals surface area contributed by atoms with E-state index in [-0.39, 0.29) is 30.6 Å². The Bertz CT molecular complexity index is 1420. The molecule has 2 heterocycles. The molecule has 6 rings (SSSR count). The first kappa shape index (κ1) is 28.3. The molecule has 3 aromatic rings. The molecule has 1 saturated carbocycles. The first-order valence-electron chi connectivity index (χ1n) is 14.6. The van der Waals surface area contributed by atoms with Gasteiger partial charge in [0, 0.05) is 55.0 Å². The number of urea groups is 1. The van der Waals surface area contributed by atoms with Gasteiger partial charge in [-0.05, 0) is 66.9 Å². The lowest BCUT2D eigenvalue weighted by molar-refractivity contribution is -0.116. The van der Waals surface area contributed by atoms with Gasteiger partial charge in [-0.3, -0.25) is 4.90 Å². The SMILES string of the molecule is COC[C@@H]1C(c2ccc(C#Cc3ccccc3)cc2)[C@@H]2CN(C(=O)Nc3ccc(OC4CC4)cc3)C[C@@H](O)[C@@H](O)CN12. The normalized spacial score (nSPS) is 25.6. The van der Waals surface area contributed by atoms with Crippen LogP contribution in [0.2, 0.25) is 0 Å². The van der Waals surface area contributed by atoms with Crippen LogP contribution in [-0.2, 0) is 4.74 Å². The molecular formula is C34H37N3O5. The molecule has 2 aliphatic heterocycles. The predicted molar refractivity (Wildman–Crippen MR) is 160 cm³/mol. The van der Waals surface area contributed by atoms with Crippen LogP contribution in [-0.4, -0.2) is 89.8 Å². The van der Waals surface area contributed by atoms with E-state index in [1.807, 2.05) is 66.7 Å². The smallest absolute Gasteiger partial charge is 0.321 e. The lowest BCUT2D eigenvalue weighted by atomic mass is 9.74. The van der Waals surface area contributed by atoms with Crippen LogP contribution < -0.4 is 10.1 Å². The molecule has 0 bridgehead atoms. The van der Waals surface area contributed by atoms with Gasteiger partial charge in [0.05, 0.1) is 31.5 Å². The Hall–Kier alpha value is -3.87. The van der Waals surface area contributed by atoms with E-state index in [1.54, 1.807) is 12.0 Å². The molecule has 2 amide bonds. The van der Waals surface area contributed by atoms with Crippen LogP contribution >= 0.6 is 0 Å². The van der Waals surface area contributed by atoms with E-state index in [4.69, 9.17) is 9.47 Å². The van der Waals surface area contributed by atoms with E-state index in [1.165, 1.54) is 0 Å². The topological polar surface area (TPSA) is 94.5 Å². The first-order chi connectivity index (χ1) is 20.5. The van der Waals surface area contributed by atoms with E-state index in [0.29, 0.717) is 31.5 Å². The summed E-state index contributed by atoms with van der Waals surface area (Å²) in [5, 5.41) is 24.5. The number of rotatable bonds is 6. The number of nitrogens with zero attached hydrogens (tertiary/aromatic N) is 2. The second kappa shape index (κ2) is 12.6. The second-order valence-electron chi connectivity index (χ2n) is 11.4. The largest absolute Gasteiger partial charge is 0.490 e. The number of aliphatic hydroxyl groups excluding tert-OH is 2. The number of nitrogens with one attached hydrogen (secondary N) is 1. The summed E-state index contributed by atoms with van der Waals surface area (Å²) >= 11 is 0. The third-order valence-corrected chi connectivity index (χ3v) is 8.32. The van der Waals surface area contributed by atoms with E-state index in [2.05, 4.69) is 34.2 Å². The molecule has 3 aromatic carbocycles. The number of methoxy groups -OCH3 is 1.